The molecule has 0 saturated carbocycles. The van der Waals surface area contributed by atoms with E-state index in [1.165, 1.54) is 0 Å². The van der Waals surface area contributed by atoms with Gasteiger partial charge in [-0.3, -0.25) is 4.79 Å². The molecule has 0 saturated heterocycles. The van der Waals surface area contributed by atoms with Crippen molar-refractivity contribution in [3.63, 3.8) is 0 Å². The van der Waals surface area contributed by atoms with E-state index in [-0.39, 0.29) is 5.91 Å². The molecule has 0 aliphatic rings. The summed E-state index contributed by atoms with van der Waals surface area (Å²) >= 11 is 0. The van der Waals surface area contributed by atoms with Crippen molar-refractivity contribution >= 4 is 11.6 Å². The molecule has 9 heteroatoms. The number of hydrogen-bond donors (Lipinski definition) is 1. The van der Waals surface area contributed by atoms with Gasteiger partial charge in [-0.2, -0.15) is 10.1 Å². The number of aryl methyl sites for hydroxylation is 4. The van der Waals surface area contributed by atoms with Gasteiger partial charge in [0.1, 0.15) is 17.3 Å². The topological polar surface area (TPSA) is 108 Å². The summed E-state index contributed by atoms with van der Waals surface area (Å²) in [5.41, 5.74) is 5.60. The van der Waals surface area contributed by atoms with Gasteiger partial charge in [-0.15, -0.1) is 0 Å². The number of hydrogen-bond acceptors (Lipinski definition) is 7. The van der Waals surface area contributed by atoms with Gasteiger partial charge in [-0.25, -0.2) is 9.67 Å². The number of benzene rings is 1. The highest BCUT2D eigenvalue weighted by Gasteiger charge is 2.14. The van der Waals surface area contributed by atoms with Crippen molar-refractivity contribution < 1.29 is 14.1 Å². The van der Waals surface area contributed by atoms with E-state index in [1.54, 1.807) is 35.0 Å². The van der Waals surface area contributed by atoms with Crippen molar-refractivity contribution in [1.82, 2.24) is 24.9 Å². The summed E-state index contributed by atoms with van der Waals surface area (Å²) in [5, 5.41) is 11.4. The molecule has 0 aliphatic carbocycles. The first-order chi connectivity index (χ1) is 16.2. The Morgan fingerprint density at radius 1 is 1.03 bits per heavy atom. The number of aromatic nitrogens is 5. The molecule has 0 radical (unpaired) electrons. The van der Waals surface area contributed by atoms with Crippen LogP contribution in [0.1, 0.15) is 46.2 Å². The van der Waals surface area contributed by atoms with Gasteiger partial charge in [0.2, 0.25) is 11.8 Å². The van der Waals surface area contributed by atoms with E-state index >= 15 is 0 Å². The maximum absolute atomic E-state index is 12.4. The molecule has 4 rings (SSSR count). The summed E-state index contributed by atoms with van der Waals surface area (Å²) in [4.78, 5) is 21.2. The molecule has 1 N–H and O–H groups in total. The Morgan fingerprint density at radius 3 is 2.38 bits per heavy atom. The van der Waals surface area contributed by atoms with Gasteiger partial charge in [0.25, 0.3) is 0 Å². The quantitative estimate of drug-likeness (QED) is 0.419. The summed E-state index contributed by atoms with van der Waals surface area (Å²) in [6.45, 7) is 11.6. The minimum absolute atomic E-state index is 0.0788. The van der Waals surface area contributed by atoms with E-state index < -0.39 is 0 Å². The lowest BCUT2D eigenvalue weighted by molar-refractivity contribution is -0.116. The van der Waals surface area contributed by atoms with Gasteiger partial charge in [0.05, 0.1) is 11.4 Å². The van der Waals surface area contributed by atoms with E-state index in [0.717, 1.165) is 34.0 Å². The van der Waals surface area contributed by atoms with Crippen LogP contribution in [0.25, 0.3) is 5.82 Å². The van der Waals surface area contributed by atoms with Crippen molar-refractivity contribution in [1.29, 1.82) is 0 Å². The van der Waals surface area contributed by atoms with E-state index in [2.05, 4.69) is 25.5 Å². The van der Waals surface area contributed by atoms with Crippen LogP contribution in [0.2, 0.25) is 0 Å². The summed E-state index contributed by atoms with van der Waals surface area (Å²) in [5.74, 6) is 2.93. The Kier molecular flexibility index (Phi) is 6.45. The molecule has 34 heavy (non-hydrogen) atoms. The number of carbonyl (C=O) groups is 1. The first-order valence-electron chi connectivity index (χ1n) is 11.1. The van der Waals surface area contributed by atoms with Crippen molar-refractivity contribution in [2.75, 3.05) is 5.32 Å². The Balaban J connectivity index is 1.41. The molecule has 9 nitrogen and oxygen atoms in total. The number of anilines is 1. The van der Waals surface area contributed by atoms with Crippen LogP contribution in [0.15, 0.2) is 34.9 Å². The average molecular weight is 461 g/mol. The highest BCUT2D eigenvalue weighted by atomic mass is 16.5. The maximum atomic E-state index is 12.4. The monoisotopic (exact) mass is 460 g/mol. The minimum Gasteiger partial charge on any atom is -0.439 e. The van der Waals surface area contributed by atoms with Crippen LogP contribution in [0.3, 0.4) is 0 Å². The molecule has 176 valence electrons. The highest BCUT2D eigenvalue weighted by molar-refractivity contribution is 5.90. The van der Waals surface area contributed by atoms with Gasteiger partial charge in [0.15, 0.2) is 5.82 Å². The highest BCUT2D eigenvalue weighted by Crippen LogP contribution is 2.24. The molecule has 0 bridgehead atoms. The smallest absolute Gasteiger partial charge is 0.224 e. The summed E-state index contributed by atoms with van der Waals surface area (Å²) in [7, 11) is 0. The number of amides is 1. The second-order valence-electron chi connectivity index (χ2n) is 8.30. The molecule has 4 aromatic rings. The second-order valence-corrected chi connectivity index (χ2v) is 8.30. The lowest BCUT2D eigenvalue weighted by Gasteiger charge is -2.10. The standard InChI is InChI=1S/C25H28N6O3/c1-14-15(2)29-31(17(14)4)23-13-25(27-19(6)26-23)33-21-9-7-20(8-10-21)28-24(32)12-11-22-16(3)30-34-18(22)5/h7-10,13H,11-12H2,1-6H3,(H,28,32). The van der Waals surface area contributed by atoms with Crippen LogP contribution in [0.4, 0.5) is 5.69 Å². The Hall–Kier alpha value is -4.01. The predicted octanol–water partition coefficient (Wildman–Crippen LogP) is 4.86. The summed E-state index contributed by atoms with van der Waals surface area (Å²) in [6.07, 6.45) is 0.925. The minimum atomic E-state index is -0.0788. The number of nitrogens with one attached hydrogen (secondary N) is 1. The zero-order valence-corrected chi connectivity index (χ0v) is 20.3. The fraction of sp³-hybridized carbons (Fsp3) is 0.320. The van der Waals surface area contributed by atoms with Gasteiger partial charge >= 0.3 is 0 Å². The van der Waals surface area contributed by atoms with Crippen molar-refractivity contribution in [2.24, 2.45) is 0 Å². The number of ether oxygens (including phenoxy) is 1. The van der Waals surface area contributed by atoms with E-state index in [0.29, 0.717) is 41.8 Å². The molecular weight excluding hydrogens is 432 g/mol. The van der Waals surface area contributed by atoms with Crippen LogP contribution in [0.5, 0.6) is 11.6 Å². The maximum Gasteiger partial charge on any atom is 0.224 e. The lowest BCUT2D eigenvalue weighted by Crippen LogP contribution is -2.12. The van der Waals surface area contributed by atoms with Crippen LogP contribution >= 0.6 is 0 Å². The zero-order chi connectivity index (χ0) is 24.4. The van der Waals surface area contributed by atoms with Gasteiger partial charge in [-0.05, 0) is 77.8 Å². The Morgan fingerprint density at radius 2 is 1.76 bits per heavy atom. The molecule has 3 heterocycles. The van der Waals surface area contributed by atoms with Crippen molar-refractivity contribution in [2.45, 2.75) is 54.4 Å². The van der Waals surface area contributed by atoms with E-state index in [9.17, 15) is 4.79 Å². The van der Waals surface area contributed by atoms with Crippen molar-refractivity contribution in [3.8, 4) is 17.4 Å². The molecular formula is C25H28N6O3. The zero-order valence-electron chi connectivity index (χ0n) is 20.3. The number of rotatable bonds is 7. The van der Waals surface area contributed by atoms with Crippen LogP contribution in [0, 0.1) is 41.5 Å². The third-order valence-corrected chi connectivity index (χ3v) is 5.81. The molecule has 0 fully saturated rings. The Bertz CT molecular complexity index is 1320. The van der Waals surface area contributed by atoms with Crippen LogP contribution < -0.4 is 10.1 Å². The summed E-state index contributed by atoms with van der Waals surface area (Å²) < 4.78 is 12.9. The number of carbonyl (C=O) groups excluding carboxylic acids is 1. The molecule has 0 atom stereocenters. The summed E-state index contributed by atoms with van der Waals surface area (Å²) in [6, 6.07) is 8.92. The first kappa shape index (κ1) is 23.2. The third-order valence-electron chi connectivity index (χ3n) is 5.81. The SMILES string of the molecule is Cc1nc(Oc2ccc(NC(=O)CCc3c(C)noc3C)cc2)cc(-n2nc(C)c(C)c2C)n1. The molecule has 1 aromatic carbocycles. The average Bonchev–Trinajstić information content (AvgIpc) is 3.25. The molecule has 0 unspecified atom stereocenters. The second kappa shape index (κ2) is 9.46. The van der Waals surface area contributed by atoms with Gasteiger partial charge in [0, 0.05) is 29.4 Å². The lowest BCUT2D eigenvalue weighted by atomic mass is 10.1. The van der Waals surface area contributed by atoms with Gasteiger partial charge in [-0.1, -0.05) is 5.16 Å². The third kappa shape index (κ3) is 4.98. The molecule has 0 spiro atoms. The molecule has 0 aliphatic heterocycles. The number of nitrogens with zero attached hydrogens (tertiary/aromatic N) is 5. The first-order valence-corrected chi connectivity index (χ1v) is 11.1. The van der Waals surface area contributed by atoms with Gasteiger partial charge < -0.3 is 14.6 Å². The van der Waals surface area contributed by atoms with E-state index in [1.807, 2.05) is 41.5 Å². The fourth-order valence-corrected chi connectivity index (χ4v) is 3.68. The van der Waals surface area contributed by atoms with Crippen LogP contribution in [-0.4, -0.2) is 30.8 Å². The normalized spacial score (nSPS) is 11.0. The largest absolute Gasteiger partial charge is 0.439 e. The van der Waals surface area contributed by atoms with Crippen molar-refractivity contribution in [3.05, 3.63) is 70.1 Å². The predicted molar refractivity (Wildman–Crippen MR) is 128 cm³/mol. The fourth-order valence-electron chi connectivity index (χ4n) is 3.68. The van der Waals surface area contributed by atoms with Crippen LogP contribution in [-0.2, 0) is 11.2 Å². The van der Waals surface area contributed by atoms with E-state index in [4.69, 9.17) is 9.26 Å². The Labute approximate surface area is 198 Å². The molecule has 1 amide bonds. The molecule has 3 aromatic heterocycles.